The Morgan fingerprint density at radius 2 is 1.88 bits per heavy atom. The maximum absolute atomic E-state index is 13.1. The number of aromatic nitrogens is 3. The molecule has 0 radical (unpaired) electrons. The zero-order valence-corrected chi connectivity index (χ0v) is 15.5. The molecule has 0 saturated heterocycles. The van der Waals surface area contributed by atoms with Crippen molar-refractivity contribution in [2.45, 2.75) is 13.5 Å². The van der Waals surface area contributed by atoms with Crippen LogP contribution < -0.4 is 5.56 Å². The van der Waals surface area contributed by atoms with Crippen molar-refractivity contribution in [3.8, 4) is 21.1 Å². The molecule has 0 atom stereocenters. The number of hydrogen-bond acceptors (Lipinski definition) is 5. The molecule has 0 aliphatic rings. The Labute approximate surface area is 157 Å². The number of benzene rings is 1. The zero-order valence-electron chi connectivity index (χ0n) is 13.8. The van der Waals surface area contributed by atoms with Gasteiger partial charge < -0.3 is 0 Å². The molecule has 4 aromatic rings. The van der Waals surface area contributed by atoms with Gasteiger partial charge >= 0.3 is 0 Å². The number of nitrogens with zero attached hydrogens (tertiary/aromatic N) is 3. The van der Waals surface area contributed by atoms with Crippen LogP contribution in [0.2, 0.25) is 0 Å². The standard InChI is InChI=1S/C19H14FN3OS2/c1-12-2-8-17(26-12)16-7-9-18(24)23(22-16)10-15-11-25-19(21-15)13-3-5-14(20)6-4-13/h2-9,11H,10H2,1H3. The summed E-state index contributed by atoms with van der Waals surface area (Å²) in [5.41, 5.74) is 2.21. The Bertz CT molecular complexity index is 1110. The second-order valence-electron chi connectivity index (χ2n) is 5.78. The molecule has 0 saturated carbocycles. The van der Waals surface area contributed by atoms with Gasteiger partial charge in [-0.15, -0.1) is 22.7 Å². The topological polar surface area (TPSA) is 47.8 Å². The molecule has 0 spiro atoms. The van der Waals surface area contributed by atoms with Gasteiger partial charge in [0, 0.05) is 21.9 Å². The molecule has 4 rings (SSSR count). The number of thiazole rings is 1. The number of aryl methyl sites for hydroxylation is 1. The van der Waals surface area contributed by atoms with E-state index >= 15 is 0 Å². The monoisotopic (exact) mass is 383 g/mol. The molecule has 0 bridgehead atoms. The van der Waals surface area contributed by atoms with E-state index in [-0.39, 0.29) is 11.4 Å². The minimum Gasteiger partial charge on any atom is -0.268 e. The van der Waals surface area contributed by atoms with Gasteiger partial charge in [0.1, 0.15) is 16.5 Å². The fourth-order valence-corrected chi connectivity index (χ4v) is 4.17. The molecule has 0 aliphatic carbocycles. The lowest BCUT2D eigenvalue weighted by Crippen LogP contribution is -2.22. The van der Waals surface area contributed by atoms with Crippen LogP contribution in [0.5, 0.6) is 0 Å². The second kappa shape index (κ2) is 6.93. The van der Waals surface area contributed by atoms with Crippen LogP contribution in [0.1, 0.15) is 10.6 Å². The van der Waals surface area contributed by atoms with E-state index < -0.39 is 0 Å². The van der Waals surface area contributed by atoms with E-state index in [1.807, 2.05) is 24.4 Å². The molecule has 0 aliphatic heterocycles. The number of hydrogen-bond donors (Lipinski definition) is 0. The summed E-state index contributed by atoms with van der Waals surface area (Å²) in [4.78, 5) is 18.9. The van der Waals surface area contributed by atoms with Gasteiger partial charge in [-0.25, -0.2) is 14.1 Å². The first-order valence-electron chi connectivity index (χ1n) is 7.94. The van der Waals surface area contributed by atoms with Crippen LogP contribution >= 0.6 is 22.7 Å². The highest BCUT2D eigenvalue weighted by Crippen LogP contribution is 2.26. The van der Waals surface area contributed by atoms with Crippen LogP contribution in [0.4, 0.5) is 4.39 Å². The molecule has 0 fully saturated rings. The molecule has 0 N–H and O–H groups in total. The smallest absolute Gasteiger partial charge is 0.267 e. The summed E-state index contributed by atoms with van der Waals surface area (Å²) < 4.78 is 14.5. The quantitative estimate of drug-likeness (QED) is 0.518. The first-order chi connectivity index (χ1) is 12.6. The van der Waals surface area contributed by atoms with Crippen molar-refractivity contribution >= 4 is 22.7 Å². The SMILES string of the molecule is Cc1ccc(-c2ccc(=O)n(Cc3csc(-c4ccc(F)cc4)n3)n2)s1. The maximum atomic E-state index is 13.1. The molecular formula is C19H14FN3OS2. The lowest BCUT2D eigenvalue weighted by molar-refractivity contribution is 0.628. The predicted molar refractivity (Wildman–Crippen MR) is 103 cm³/mol. The fraction of sp³-hybridized carbons (Fsp3) is 0.105. The van der Waals surface area contributed by atoms with Gasteiger partial charge in [0.15, 0.2) is 0 Å². The Balaban J connectivity index is 1.61. The third kappa shape index (κ3) is 3.49. The Hall–Kier alpha value is -2.64. The summed E-state index contributed by atoms with van der Waals surface area (Å²) in [7, 11) is 0. The minimum atomic E-state index is -0.276. The van der Waals surface area contributed by atoms with Crippen LogP contribution in [0.15, 0.2) is 58.7 Å². The number of thiophene rings is 1. The normalized spacial score (nSPS) is 11.0. The first-order valence-corrected chi connectivity index (χ1v) is 9.63. The van der Waals surface area contributed by atoms with Gasteiger partial charge in [-0.2, -0.15) is 5.10 Å². The van der Waals surface area contributed by atoms with Crippen LogP contribution in [0.25, 0.3) is 21.1 Å². The summed E-state index contributed by atoms with van der Waals surface area (Å²) in [6.45, 7) is 2.34. The number of rotatable bonds is 4. The van der Waals surface area contributed by atoms with E-state index in [1.54, 1.807) is 29.5 Å². The Morgan fingerprint density at radius 1 is 1.08 bits per heavy atom. The molecule has 1 aromatic carbocycles. The largest absolute Gasteiger partial charge is 0.268 e. The third-order valence-corrected chi connectivity index (χ3v) is 5.78. The van der Waals surface area contributed by atoms with Crippen molar-refractivity contribution in [3.05, 3.63) is 80.7 Å². The lowest BCUT2D eigenvalue weighted by Gasteiger charge is -2.04. The van der Waals surface area contributed by atoms with E-state index in [4.69, 9.17) is 0 Å². The van der Waals surface area contributed by atoms with Crippen LogP contribution in [-0.4, -0.2) is 14.8 Å². The maximum Gasteiger partial charge on any atom is 0.267 e. The second-order valence-corrected chi connectivity index (χ2v) is 7.92. The molecule has 26 heavy (non-hydrogen) atoms. The summed E-state index contributed by atoms with van der Waals surface area (Å²) in [6.07, 6.45) is 0. The lowest BCUT2D eigenvalue weighted by atomic mass is 10.2. The molecule has 3 heterocycles. The highest BCUT2D eigenvalue weighted by molar-refractivity contribution is 7.15. The van der Waals surface area contributed by atoms with Crippen LogP contribution in [-0.2, 0) is 6.54 Å². The van der Waals surface area contributed by atoms with E-state index in [0.29, 0.717) is 6.54 Å². The van der Waals surface area contributed by atoms with E-state index in [0.717, 1.165) is 26.8 Å². The van der Waals surface area contributed by atoms with Crippen molar-refractivity contribution in [1.82, 2.24) is 14.8 Å². The van der Waals surface area contributed by atoms with Crippen LogP contribution in [0.3, 0.4) is 0 Å². The number of halogens is 1. The molecule has 7 heteroatoms. The van der Waals surface area contributed by atoms with E-state index in [1.165, 1.54) is 39.1 Å². The van der Waals surface area contributed by atoms with Gasteiger partial charge in [0.2, 0.25) is 0 Å². The zero-order chi connectivity index (χ0) is 18.1. The Kier molecular flexibility index (Phi) is 4.48. The van der Waals surface area contributed by atoms with E-state index in [2.05, 4.69) is 10.1 Å². The third-order valence-electron chi connectivity index (χ3n) is 3.81. The van der Waals surface area contributed by atoms with Crippen molar-refractivity contribution < 1.29 is 4.39 Å². The highest BCUT2D eigenvalue weighted by atomic mass is 32.1. The summed E-state index contributed by atoms with van der Waals surface area (Å²) in [6, 6.07) is 13.5. The molecular weight excluding hydrogens is 369 g/mol. The Morgan fingerprint density at radius 3 is 2.62 bits per heavy atom. The summed E-state index contributed by atoms with van der Waals surface area (Å²) >= 11 is 3.11. The molecule has 4 nitrogen and oxygen atoms in total. The fourth-order valence-electron chi connectivity index (χ4n) is 2.52. The first kappa shape index (κ1) is 16.8. The van der Waals surface area contributed by atoms with Gasteiger partial charge in [-0.05, 0) is 49.4 Å². The highest BCUT2D eigenvalue weighted by Gasteiger charge is 2.09. The average Bonchev–Trinajstić information content (AvgIpc) is 3.27. The van der Waals surface area contributed by atoms with Crippen molar-refractivity contribution in [2.24, 2.45) is 0 Å². The molecule has 3 aromatic heterocycles. The van der Waals surface area contributed by atoms with Crippen molar-refractivity contribution in [1.29, 1.82) is 0 Å². The molecule has 130 valence electrons. The van der Waals surface area contributed by atoms with Crippen LogP contribution in [0, 0.1) is 12.7 Å². The van der Waals surface area contributed by atoms with Gasteiger partial charge in [-0.1, -0.05) is 0 Å². The van der Waals surface area contributed by atoms with Gasteiger partial charge in [0.25, 0.3) is 5.56 Å². The molecule has 0 amide bonds. The van der Waals surface area contributed by atoms with Crippen molar-refractivity contribution in [3.63, 3.8) is 0 Å². The summed E-state index contributed by atoms with van der Waals surface area (Å²) in [5, 5.41) is 7.16. The minimum absolute atomic E-state index is 0.168. The summed E-state index contributed by atoms with van der Waals surface area (Å²) in [5.74, 6) is -0.276. The molecule has 0 unspecified atom stereocenters. The van der Waals surface area contributed by atoms with Gasteiger partial charge in [-0.3, -0.25) is 4.79 Å². The van der Waals surface area contributed by atoms with E-state index in [9.17, 15) is 9.18 Å². The average molecular weight is 383 g/mol. The van der Waals surface area contributed by atoms with Crippen molar-refractivity contribution in [2.75, 3.05) is 0 Å². The predicted octanol–water partition coefficient (Wildman–Crippen LogP) is 4.59. The van der Waals surface area contributed by atoms with Gasteiger partial charge in [0.05, 0.1) is 17.1 Å².